The van der Waals surface area contributed by atoms with E-state index in [1.54, 1.807) is 0 Å². The molecular weight excluding hydrogens is 202 g/mol. The molecule has 3 heteroatoms. The van der Waals surface area contributed by atoms with Gasteiger partial charge in [0.1, 0.15) is 6.61 Å². The zero-order valence-electron chi connectivity index (χ0n) is 9.98. The lowest BCUT2D eigenvalue weighted by atomic mass is 10.1. The largest absolute Gasteiger partial charge is 0.456 e. The van der Waals surface area contributed by atoms with Gasteiger partial charge in [-0.1, -0.05) is 44.2 Å². The van der Waals surface area contributed by atoms with E-state index in [9.17, 15) is 4.79 Å². The quantitative estimate of drug-likeness (QED) is 0.765. The number of hydrogen-bond acceptors (Lipinski definition) is 2. The van der Waals surface area contributed by atoms with Gasteiger partial charge in [0.2, 0.25) is 0 Å². The topological polar surface area (TPSA) is 53.9 Å². The molecule has 0 amide bonds. The Morgan fingerprint density at radius 3 is 2.50 bits per heavy atom. The van der Waals surface area contributed by atoms with Gasteiger partial charge in [-0.05, 0) is 11.5 Å². The molecule has 3 N–H and O–H groups in total. The fraction of sp³-hybridized carbons (Fsp3) is 0.462. The van der Waals surface area contributed by atoms with Gasteiger partial charge in [-0.2, -0.15) is 0 Å². The van der Waals surface area contributed by atoms with Gasteiger partial charge in [0, 0.05) is 6.42 Å². The minimum atomic E-state index is -0.260. The van der Waals surface area contributed by atoms with Gasteiger partial charge in [0.15, 0.2) is 6.04 Å². The normalized spacial score (nSPS) is 12.5. The Hall–Kier alpha value is -1.35. The number of carbonyl (C=O) groups is 1. The van der Waals surface area contributed by atoms with Gasteiger partial charge in [-0.15, -0.1) is 0 Å². The zero-order valence-corrected chi connectivity index (χ0v) is 9.98. The number of carbonyl (C=O) groups excluding carboxylic acids is 1. The van der Waals surface area contributed by atoms with Gasteiger partial charge in [-0.3, -0.25) is 0 Å². The van der Waals surface area contributed by atoms with E-state index in [4.69, 9.17) is 4.74 Å². The highest BCUT2D eigenvalue weighted by Gasteiger charge is 2.19. The van der Waals surface area contributed by atoms with Crippen LogP contribution in [-0.2, 0) is 16.1 Å². The lowest BCUT2D eigenvalue weighted by molar-refractivity contribution is -0.411. The molecule has 0 aliphatic carbocycles. The second kappa shape index (κ2) is 6.28. The van der Waals surface area contributed by atoms with E-state index in [0.717, 1.165) is 12.0 Å². The van der Waals surface area contributed by atoms with Gasteiger partial charge < -0.3 is 10.5 Å². The van der Waals surface area contributed by atoms with Gasteiger partial charge in [0.05, 0.1) is 0 Å². The molecule has 1 unspecified atom stereocenters. The van der Waals surface area contributed by atoms with Crippen LogP contribution >= 0.6 is 0 Å². The fourth-order valence-corrected chi connectivity index (χ4v) is 1.51. The number of quaternary nitrogens is 1. The van der Waals surface area contributed by atoms with Crippen molar-refractivity contribution in [1.82, 2.24) is 0 Å². The third kappa shape index (κ3) is 4.45. The van der Waals surface area contributed by atoms with Crippen LogP contribution in [0.25, 0.3) is 0 Å². The molecule has 0 radical (unpaired) electrons. The monoisotopic (exact) mass is 222 g/mol. The van der Waals surface area contributed by atoms with E-state index in [1.807, 2.05) is 30.3 Å². The summed E-state index contributed by atoms with van der Waals surface area (Å²) in [7, 11) is 0. The maximum Gasteiger partial charge on any atom is 0.365 e. The number of hydrogen-bond donors (Lipinski definition) is 1. The average molecular weight is 222 g/mol. The van der Waals surface area contributed by atoms with Crippen LogP contribution in [0.3, 0.4) is 0 Å². The molecule has 0 aliphatic heterocycles. The van der Waals surface area contributed by atoms with Crippen LogP contribution < -0.4 is 5.73 Å². The Morgan fingerprint density at radius 1 is 1.31 bits per heavy atom. The van der Waals surface area contributed by atoms with Gasteiger partial charge >= 0.3 is 5.97 Å². The van der Waals surface area contributed by atoms with Crippen molar-refractivity contribution in [3.8, 4) is 0 Å². The average Bonchev–Trinajstić information content (AvgIpc) is 2.26. The highest BCUT2D eigenvalue weighted by molar-refractivity contribution is 5.73. The molecule has 0 spiro atoms. The lowest BCUT2D eigenvalue weighted by Gasteiger charge is -2.10. The molecule has 0 fully saturated rings. The summed E-state index contributed by atoms with van der Waals surface area (Å²) in [6, 6.07) is 9.41. The predicted octanol–water partition coefficient (Wildman–Crippen LogP) is 1.39. The van der Waals surface area contributed by atoms with Crippen LogP contribution in [0, 0.1) is 5.92 Å². The third-order valence-electron chi connectivity index (χ3n) is 2.31. The number of esters is 1. The van der Waals surface area contributed by atoms with Crippen molar-refractivity contribution in [2.24, 2.45) is 5.92 Å². The summed E-state index contributed by atoms with van der Waals surface area (Å²) in [5.41, 5.74) is 4.82. The molecule has 0 saturated carbocycles. The Labute approximate surface area is 96.6 Å². The molecule has 0 aromatic heterocycles. The fourth-order valence-electron chi connectivity index (χ4n) is 1.51. The second-order valence-corrected chi connectivity index (χ2v) is 4.42. The first kappa shape index (κ1) is 12.7. The third-order valence-corrected chi connectivity index (χ3v) is 2.31. The summed E-state index contributed by atoms with van der Waals surface area (Å²) in [5, 5.41) is 0. The van der Waals surface area contributed by atoms with Gasteiger partial charge in [-0.25, -0.2) is 4.79 Å². The second-order valence-electron chi connectivity index (χ2n) is 4.42. The number of rotatable bonds is 5. The van der Waals surface area contributed by atoms with Crippen molar-refractivity contribution in [2.75, 3.05) is 0 Å². The summed E-state index contributed by atoms with van der Waals surface area (Å²) in [6.45, 7) is 4.48. The molecule has 1 atom stereocenters. The summed E-state index contributed by atoms with van der Waals surface area (Å²) < 4.78 is 5.19. The Bertz CT molecular complexity index is 322. The summed E-state index contributed by atoms with van der Waals surface area (Å²) in [6.07, 6.45) is 0.771. The Balaban J connectivity index is 2.35. The minimum Gasteiger partial charge on any atom is -0.456 e. The molecule has 88 valence electrons. The Kier molecular flexibility index (Phi) is 4.99. The van der Waals surface area contributed by atoms with Crippen LogP contribution in [-0.4, -0.2) is 12.0 Å². The van der Waals surface area contributed by atoms with Crippen molar-refractivity contribution in [1.29, 1.82) is 0 Å². The SMILES string of the molecule is CC(C)CC([NH3+])C(=O)OCc1ccccc1. The predicted molar refractivity (Wildman–Crippen MR) is 62.4 cm³/mol. The van der Waals surface area contributed by atoms with Crippen LogP contribution in [0.4, 0.5) is 0 Å². The molecular formula is C13H20NO2+. The Morgan fingerprint density at radius 2 is 1.94 bits per heavy atom. The molecule has 1 rings (SSSR count). The van der Waals surface area contributed by atoms with Gasteiger partial charge in [0.25, 0.3) is 0 Å². The summed E-state index contributed by atoms with van der Waals surface area (Å²) >= 11 is 0. The first-order valence-corrected chi connectivity index (χ1v) is 5.63. The van der Waals surface area contributed by atoms with E-state index in [1.165, 1.54) is 0 Å². The van der Waals surface area contributed by atoms with Crippen molar-refractivity contribution in [3.05, 3.63) is 35.9 Å². The van der Waals surface area contributed by atoms with E-state index >= 15 is 0 Å². The molecule has 0 heterocycles. The smallest absolute Gasteiger partial charge is 0.365 e. The van der Waals surface area contributed by atoms with Crippen molar-refractivity contribution in [3.63, 3.8) is 0 Å². The summed E-state index contributed by atoms with van der Waals surface area (Å²) in [5.74, 6) is 0.254. The molecule has 1 aromatic carbocycles. The first-order valence-electron chi connectivity index (χ1n) is 5.63. The number of ether oxygens (including phenoxy) is 1. The zero-order chi connectivity index (χ0) is 12.0. The maximum absolute atomic E-state index is 11.6. The van der Waals surface area contributed by atoms with E-state index < -0.39 is 0 Å². The highest BCUT2D eigenvalue weighted by atomic mass is 16.5. The van der Waals surface area contributed by atoms with Crippen LogP contribution in [0.2, 0.25) is 0 Å². The summed E-state index contributed by atoms with van der Waals surface area (Å²) in [4.78, 5) is 11.6. The maximum atomic E-state index is 11.6. The molecule has 3 nitrogen and oxygen atoms in total. The van der Waals surface area contributed by atoms with Crippen LogP contribution in [0.15, 0.2) is 30.3 Å². The van der Waals surface area contributed by atoms with Crippen LogP contribution in [0.1, 0.15) is 25.8 Å². The molecule has 1 aromatic rings. The van der Waals surface area contributed by atoms with E-state index in [-0.39, 0.29) is 12.0 Å². The van der Waals surface area contributed by atoms with E-state index in [0.29, 0.717) is 12.5 Å². The minimum absolute atomic E-state index is 0.211. The van der Waals surface area contributed by atoms with Crippen molar-refractivity contribution >= 4 is 5.97 Å². The van der Waals surface area contributed by atoms with Crippen molar-refractivity contribution < 1.29 is 15.3 Å². The molecule has 0 bridgehead atoms. The lowest BCUT2D eigenvalue weighted by Crippen LogP contribution is -2.65. The molecule has 0 aliphatic rings. The standard InChI is InChI=1S/C13H19NO2/c1-10(2)8-12(14)13(15)16-9-11-6-4-3-5-7-11/h3-7,10,12H,8-9,14H2,1-2H3/p+1. The van der Waals surface area contributed by atoms with E-state index in [2.05, 4.69) is 19.6 Å². The first-order chi connectivity index (χ1) is 7.59. The number of benzene rings is 1. The molecule has 0 saturated heterocycles. The highest BCUT2D eigenvalue weighted by Crippen LogP contribution is 2.05. The van der Waals surface area contributed by atoms with Crippen LogP contribution in [0.5, 0.6) is 0 Å². The van der Waals surface area contributed by atoms with Crippen molar-refractivity contribution in [2.45, 2.75) is 32.9 Å². The molecule has 16 heavy (non-hydrogen) atoms.